The van der Waals surface area contributed by atoms with Crippen LogP contribution < -0.4 is 4.74 Å². The number of hydrogen-bond donors (Lipinski definition) is 0. The number of ether oxygens (including phenoxy) is 2. The first-order chi connectivity index (χ1) is 13.6. The highest BCUT2D eigenvalue weighted by molar-refractivity contribution is 6.00. The quantitative estimate of drug-likeness (QED) is 0.678. The lowest BCUT2D eigenvalue weighted by molar-refractivity contribution is -0.149. The topological polar surface area (TPSA) is 60.8 Å². The predicted octanol–water partition coefficient (Wildman–Crippen LogP) is 3.87. The number of carbonyl (C=O) groups is 2. The van der Waals surface area contributed by atoms with Crippen molar-refractivity contribution in [1.29, 1.82) is 0 Å². The molecule has 3 rings (SSSR count). The Morgan fingerprint density at radius 2 is 2.00 bits per heavy atom. The Balaban J connectivity index is 1.93. The largest absolute Gasteiger partial charge is 0.493 e. The number of hydrogen-bond acceptors (Lipinski definition) is 4. The van der Waals surface area contributed by atoms with Gasteiger partial charge in [-0.1, -0.05) is 13.0 Å². The Hall–Kier alpha value is -2.50. The van der Waals surface area contributed by atoms with Crippen molar-refractivity contribution in [3.8, 4) is 5.75 Å². The van der Waals surface area contributed by atoms with E-state index in [9.17, 15) is 9.59 Å². The fraction of sp³-hybridized carbons (Fsp3) is 0.545. The van der Waals surface area contributed by atoms with Crippen LogP contribution in [0.15, 0.2) is 24.3 Å². The molecule has 1 aromatic carbocycles. The summed E-state index contributed by atoms with van der Waals surface area (Å²) >= 11 is 0. The first-order valence-electron chi connectivity index (χ1n) is 10.3. The number of aromatic nitrogens is 1. The molecule has 0 bridgehead atoms. The number of rotatable bonds is 7. The van der Waals surface area contributed by atoms with Crippen molar-refractivity contribution in [3.05, 3.63) is 30.0 Å². The third-order valence-electron chi connectivity index (χ3n) is 5.20. The smallest absolute Gasteiger partial charge is 0.310 e. The monoisotopic (exact) mass is 386 g/mol. The molecule has 1 fully saturated rings. The van der Waals surface area contributed by atoms with Crippen molar-refractivity contribution in [2.45, 2.75) is 46.6 Å². The Labute approximate surface area is 166 Å². The van der Waals surface area contributed by atoms with E-state index in [-0.39, 0.29) is 17.8 Å². The molecule has 1 aliphatic heterocycles. The number of likely N-dealkylation sites (tertiary alicyclic amines) is 1. The molecule has 28 heavy (non-hydrogen) atoms. The van der Waals surface area contributed by atoms with Crippen LogP contribution in [0.1, 0.15) is 50.5 Å². The van der Waals surface area contributed by atoms with Crippen LogP contribution in [-0.2, 0) is 16.1 Å². The normalized spacial score (nSPS) is 17.0. The maximum absolute atomic E-state index is 13.4. The summed E-state index contributed by atoms with van der Waals surface area (Å²) in [6, 6.07) is 7.87. The molecule has 0 N–H and O–H groups in total. The Morgan fingerprint density at radius 1 is 1.18 bits per heavy atom. The molecule has 1 aromatic heterocycles. The van der Waals surface area contributed by atoms with Gasteiger partial charge < -0.3 is 18.9 Å². The van der Waals surface area contributed by atoms with Crippen molar-refractivity contribution in [1.82, 2.24) is 9.47 Å². The van der Waals surface area contributed by atoms with Crippen molar-refractivity contribution in [2.75, 3.05) is 26.3 Å². The van der Waals surface area contributed by atoms with Gasteiger partial charge in [0.1, 0.15) is 11.4 Å². The van der Waals surface area contributed by atoms with Crippen molar-refractivity contribution < 1.29 is 19.1 Å². The molecular weight excluding hydrogens is 356 g/mol. The summed E-state index contributed by atoms with van der Waals surface area (Å²) in [6.07, 6.45) is 2.51. The third kappa shape index (κ3) is 4.01. The second-order valence-corrected chi connectivity index (χ2v) is 7.15. The minimum atomic E-state index is -0.236. The number of esters is 1. The van der Waals surface area contributed by atoms with E-state index in [4.69, 9.17) is 9.47 Å². The van der Waals surface area contributed by atoms with E-state index in [1.807, 2.05) is 38.1 Å². The summed E-state index contributed by atoms with van der Waals surface area (Å²) in [7, 11) is 0. The maximum Gasteiger partial charge on any atom is 0.310 e. The van der Waals surface area contributed by atoms with Crippen molar-refractivity contribution >= 4 is 22.8 Å². The SMILES string of the molecule is CCCn1c(C(=O)N2CCC[C@H](C(=O)OCC)C2)cc2c(OCC)cccc21. The second-order valence-electron chi connectivity index (χ2n) is 7.15. The van der Waals surface area contributed by atoms with E-state index in [2.05, 4.69) is 11.5 Å². The standard InChI is InChI=1S/C22H30N2O4/c1-4-12-24-18-10-7-11-20(27-5-2)17(18)14-19(24)21(25)23-13-8-9-16(15-23)22(26)28-6-3/h7,10-11,14,16H,4-6,8-9,12-13,15H2,1-3H3/t16-/m0/s1. The molecule has 1 atom stereocenters. The Bertz CT molecular complexity index is 842. The van der Waals surface area contributed by atoms with E-state index < -0.39 is 0 Å². The van der Waals surface area contributed by atoms with Gasteiger partial charge in [0, 0.05) is 25.0 Å². The van der Waals surface area contributed by atoms with Gasteiger partial charge in [-0.25, -0.2) is 0 Å². The van der Waals surface area contributed by atoms with Crippen LogP contribution in [0.25, 0.3) is 10.9 Å². The molecule has 0 unspecified atom stereocenters. The highest BCUT2D eigenvalue weighted by Crippen LogP contribution is 2.31. The van der Waals surface area contributed by atoms with Gasteiger partial charge in [0.2, 0.25) is 0 Å². The van der Waals surface area contributed by atoms with Gasteiger partial charge >= 0.3 is 5.97 Å². The maximum atomic E-state index is 13.4. The molecule has 1 saturated heterocycles. The van der Waals surface area contributed by atoms with Gasteiger partial charge in [0.05, 0.1) is 24.6 Å². The van der Waals surface area contributed by atoms with Crippen LogP contribution >= 0.6 is 0 Å². The lowest BCUT2D eigenvalue weighted by Crippen LogP contribution is -2.43. The Kier molecular flexibility index (Phi) is 6.60. The van der Waals surface area contributed by atoms with Gasteiger partial charge in [-0.2, -0.15) is 0 Å². The van der Waals surface area contributed by atoms with Crippen LogP contribution in [0.5, 0.6) is 5.75 Å². The molecule has 2 aromatic rings. The van der Waals surface area contributed by atoms with E-state index in [1.165, 1.54) is 0 Å². The lowest BCUT2D eigenvalue weighted by atomic mass is 9.98. The fourth-order valence-corrected chi connectivity index (χ4v) is 3.96. The highest BCUT2D eigenvalue weighted by atomic mass is 16.5. The zero-order valence-corrected chi connectivity index (χ0v) is 17.1. The number of aryl methyl sites for hydroxylation is 1. The number of carbonyl (C=O) groups excluding carboxylic acids is 2. The number of benzene rings is 1. The van der Waals surface area contributed by atoms with Crippen LogP contribution in [0.4, 0.5) is 0 Å². The zero-order chi connectivity index (χ0) is 20.1. The van der Waals surface area contributed by atoms with Gasteiger partial charge in [0.15, 0.2) is 0 Å². The van der Waals surface area contributed by atoms with E-state index in [1.54, 1.807) is 4.90 Å². The Morgan fingerprint density at radius 3 is 2.71 bits per heavy atom. The zero-order valence-electron chi connectivity index (χ0n) is 17.1. The summed E-state index contributed by atoms with van der Waals surface area (Å²) in [6.45, 7) is 8.66. The summed E-state index contributed by atoms with van der Waals surface area (Å²) < 4.78 is 13.0. The number of nitrogens with zero attached hydrogens (tertiary/aromatic N) is 2. The van der Waals surface area contributed by atoms with Crippen LogP contribution in [0.2, 0.25) is 0 Å². The van der Waals surface area contributed by atoms with Crippen LogP contribution in [-0.4, -0.2) is 47.6 Å². The first-order valence-corrected chi connectivity index (χ1v) is 10.3. The molecule has 1 amide bonds. The first kappa shape index (κ1) is 20.2. The lowest BCUT2D eigenvalue weighted by Gasteiger charge is -2.31. The van der Waals surface area contributed by atoms with E-state index >= 15 is 0 Å². The number of amides is 1. The average Bonchev–Trinajstić information content (AvgIpc) is 3.08. The molecule has 6 heteroatoms. The summed E-state index contributed by atoms with van der Waals surface area (Å²) in [5, 5.41) is 0.958. The average molecular weight is 386 g/mol. The minimum Gasteiger partial charge on any atom is -0.493 e. The summed E-state index contributed by atoms with van der Waals surface area (Å²) in [5.41, 5.74) is 1.67. The van der Waals surface area contributed by atoms with Gasteiger partial charge in [-0.3, -0.25) is 9.59 Å². The molecule has 0 saturated carbocycles. The molecule has 152 valence electrons. The van der Waals surface area contributed by atoms with Gasteiger partial charge in [-0.05, 0) is 51.3 Å². The van der Waals surface area contributed by atoms with Gasteiger partial charge in [-0.15, -0.1) is 0 Å². The van der Waals surface area contributed by atoms with Crippen LogP contribution in [0, 0.1) is 5.92 Å². The number of fused-ring (bicyclic) bond motifs is 1. The van der Waals surface area contributed by atoms with Gasteiger partial charge in [0.25, 0.3) is 5.91 Å². The third-order valence-corrected chi connectivity index (χ3v) is 5.20. The molecule has 0 aliphatic carbocycles. The van der Waals surface area contributed by atoms with E-state index in [0.717, 1.165) is 42.5 Å². The van der Waals surface area contributed by atoms with Crippen molar-refractivity contribution in [2.24, 2.45) is 5.92 Å². The fourth-order valence-electron chi connectivity index (χ4n) is 3.96. The molecular formula is C22H30N2O4. The molecule has 6 nitrogen and oxygen atoms in total. The molecule has 0 spiro atoms. The molecule has 2 heterocycles. The van der Waals surface area contributed by atoms with Crippen LogP contribution in [0.3, 0.4) is 0 Å². The predicted molar refractivity (Wildman–Crippen MR) is 109 cm³/mol. The molecule has 0 radical (unpaired) electrons. The second kappa shape index (κ2) is 9.13. The summed E-state index contributed by atoms with van der Waals surface area (Å²) in [4.78, 5) is 27.3. The molecule has 1 aliphatic rings. The summed E-state index contributed by atoms with van der Waals surface area (Å²) in [5.74, 6) is 0.335. The minimum absolute atomic E-state index is 0.0268. The number of piperidine rings is 1. The van der Waals surface area contributed by atoms with Crippen molar-refractivity contribution in [3.63, 3.8) is 0 Å². The van der Waals surface area contributed by atoms with E-state index in [0.29, 0.717) is 32.0 Å². The highest BCUT2D eigenvalue weighted by Gasteiger charge is 2.31.